The molecule has 0 fully saturated rings. The molecule has 0 saturated heterocycles. The van der Waals surface area contributed by atoms with Gasteiger partial charge in [0.25, 0.3) is 5.69 Å². The van der Waals surface area contributed by atoms with Crippen molar-refractivity contribution in [1.29, 1.82) is 0 Å². The van der Waals surface area contributed by atoms with Gasteiger partial charge in [0.1, 0.15) is 5.75 Å². The number of aromatic nitrogens is 2. The largest absolute Gasteiger partial charge is 0.495 e. The van der Waals surface area contributed by atoms with Crippen LogP contribution in [-0.4, -0.2) is 33.5 Å². The second kappa shape index (κ2) is 6.71. The van der Waals surface area contributed by atoms with Gasteiger partial charge >= 0.3 is 0 Å². The van der Waals surface area contributed by atoms with Gasteiger partial charge in [-0.1, -0.05) is 0 Å². The minimum absolute atomic E-state index is 0.00530. The Balaban J connectivity index is 2.10. The standard InChI is InChI=1S/C13H16N4O4/c1-21-13-3-2-11(17(19)20)6-12(13)14-7-10-8-15-16(9-10)4-5-18/h2-3,6,8-9,14,18H,4-5,7H2,1H3. The Hall–Kier alpha value is -2.61. The van der Waals surface area contributed by atoms with Crippen LogP contribution in [0.5, 0.6) is 5.75 Å². The third-order valence-corrected chi connectivity index (χ3v) is 2.89. The van der Waals surface area contributed by atoms with Crippen molar-refractivity contribution in [3.8, 4) is 5.75 Å². The lowest BCUT2D eigenvalue weighted by molar-refractivity contribution is -0.384. The van der Waals surface area contributed by atoms with E-state index in [0.29, 0.717) is 24.5 Å². The van der Waals surface area contributed by atoms with Crippen LogP contribution in [0.3, 0.4) is 0 Å². The lowest BCUT2D eigenvalue weighted by Crippen LogP contribution is -2.03. The number of aliphatic hydroxyl groups is 1. The number of non-ortho nitro benzene ring substituents is 1. The third-order valence-electron chi connectivity index (χ3n) is 2.89. The summed E-state index contributed by atoms with van der Waals surface area (Å²) in [7, 11) is 1.51. The zero-order valence-electron chi connectivity index (χ0n) is 11.5. The van der Waals surface area contributed by atoms with Crippen LogP contribution in [0, 0.1) is 10.1 Å². The molecular weight excluding hydrogens is 276 g/mol. The summed E-state index contributed by atoms with van der Waals surface area (Å²) >= 11 is 0. The molecule has 1 aromatic carbocycles. The van der Waals surface area contributed by atoms with Crippen molar-refractivity contribution in [2.45, 2.75) is 13.1 Å². The van der Waals surface area contributed by atoms with Gasteiger partial charge in [-0.15, -0.1) is 0 Å². The molecule has 0 radical (unpaired) electrons. The molecule has 0 aliphatic carbocycles. The first-order valence-corrected chi connectivity index (χ1v) is 6.32. The molecule has 8 heteroatoms. The van der Waals surface area contributed by atoms with E-state index in [4.69, 9.17) is 9.84 Å². The van der Waals surface area contributed by atoms with Crippen LogP contribution < -0.4 is 10.1 Å². The molecular formula is C13H16N4O4. The fourth-order valence-electron chi connectivity index (χ4n) is 1.87. The molecule has 8 nitrogen and oxygen atoms in total. The predicted molar refractivity (Wildman–Crippen MR) is 76.3 cm³/mol. The highest BCUT2D eigenvalue weighted by atomic mass is 16.6. The van der Waals surface area contributed by atoms with Gasteiger partial charge in [0, 0.05) is 30.4 Å². The van der Waals surface area contributed by atoms with Crippen LogP contribution in [-0.2, 0) is 13.1 Å². The number of methoxy groups -OCH3 is 1. The first kappa shape index (κ1) is 14.8. The molecule has 2 N–H and O–H groups in total. The Kier molecular flexibility index (Phi) is 4.72. The number of rotatable bonds is 7. The smallest absolute Gasteiger partial charge is 0.271 e. The second-order valence-electron chi connectivity index (χ2n) is 4.33. The number of aliphatic hydroxyl groups excluding tert-OH is 1. The fourth-order valence-corrected chi connectivity index (χ4v) is 1.87. The molecule has 2 aromatic rings. The summed E-state index contributed by atoms with van der Waals surface area (Å²) in [5.41, 5.74) is 1.44. The Bertz CT molecular complexity index is 626. The van der Waals surface area contributed by atoms with E-state index in [-0.39, 0.29) is 12.3 Å². The average Bonchev–Trinajstić information content (AvgIpc) is 2.92. The molecule has 0 bridgehead atoms. The first-order valence-electron chi connectivity index (χ1n) is 6.32. The van der Waals surface area contributed by atoms with Gasteiger partial charge in [-0.05, 0) is 6.07 Å². The second-order valence-corrected chi connectivity index (χ2v) is 4.33. The van der Waals surface area contributed by atoms with Gasteiger partial charge < -0.3 is 15.2 Å². The molecule has 0 aliphatic heterocycles. The van der Waals surface area contributed by atoms with Gasteiger partial charge in [-0.3, -0.25) is 14.8 Å². The number of hydrogen-bond acceptors (Lipinski definition) is 6. The Labute approximate surface area is 121 Å². The maximum atomic E-state index is 10.8. The van der Waals surface area contributed by atoms with Crippen LogP contribution >= 0.6 is 0 Å². The average molecular weight is 292 g/mol. The topological polar surface area (TPSA) is 102 Å². The summed E-state index contributed by atoms with van der Waals surface area (Å²) < 4.78 is 6.80. The van der Waals surface area contributed by atoms with Gasteiger partial charge in [0.05, 0.1) is 37.1 Å². The number of hydrogen-bond donors (Lipinski definition) is 2. The van der Waals surface area contributed by atoms with Crippen molar-refractivity contribution >= 4 is 11.4 Å². The predicted octanol–water partition coefficient (Wildman–Crippen LogP) is 1.40. The monoisotopic (exact) mass is 292 g/mol. The zero-order valence-corrected chi connectivity index (χ0v) is 11.5. The number of benzene rings is 1. The summed E-state index contributed by atoms with van der Waals surface area (Å²) in [5.74, 6) is 0.531. The van der Waals surface area contributed by atoms with Crippen molar-refractivity contribution in [2.75, 3.05) is 19.0 Å². The van der Waals surface area contributed by atoms with Crippen LogP contribution in [0.15, 0.2) is 30.6 Å². The van der Waals surface area contributed by atoms with E-state index in [9.17, 15) is 10.1 Å². The molecule has 0 aliphatic rings. The summed E-state index contributed by atoms with van der Waals surface area (Å²) in [5, 5.41) is 26.8. The fraction of sp³-hybridized carbons (Fsp3) is 0.308. The Morgan fingerprint density at radius 3 is 3.00 bits per heavy atom. The summed E-state index contributed by atoms with van der Waals surface area (Å²) in [4.78, 5) is 10.3. The van der Waals surface area contributed by atoms with Gasteiger partial charge in [-0.2, -0.15) is 5.10 Å². The number of nitrogens with one attached hydrogen (secondary N) is 1. The van der Waals surface area contributed by atoms with E-state index in [1.807, 2.05) is 0 Å². The minimum Gasteiger partial charge on any atom is -0.495 e. The molecule has 0 atom stereocenters. The zero-order chi connectivity index (χ0) is 15.2. The first-order chi connectivity index (χ1) is 10.1. The van der Waals surface area contributed by atoms with Gasteiger partial charge in [-0.25, -0.2) is 0 Å². The van der Waals surface area contributed by atoms with E-state index in [1.54, 1.807) is 23.1 Å². The molecule has 1 aromatic heterocycles. The van der Waals surface area contributed by atoms with Gasteiger partial charge in [0.15, 0.2) is 0 Å². The number of nitro benzene ring substituents is 1. The van der Waals surface area contributed by atoms with Gasteiger partial charge in [0.2, 0.25) is 0 Å². The summed E-state index contributed by atoms with van der Waals surface area (Å²) in [6.07, 6.45) is 3.47. The summed E-state index contributed by atoms with van der Waals surface area (Å²) in [6, 6.07) is 4.37. The number of nitro groups is 1. The van der Waals surface area contributed by atoms with E-state index < -0.39 is 4.92 Å². The van der Waals surface area contributed by atoms with Crippen molar-refractivity contribution in [1.82, 2.24) is 9.78 Å². The SMILES string of the molecule is COc1ccc([N+](=O)[O-])cc1NCc1cnn(CCO)c1. The van der Waals surface area contributed by atoms with Crippen molar-refractivity contribution in [2.24, 2.45) is 0 Å². The van der Waals surface area contributed by atoms with Crippen molar-refractivity contribution < 1.29 is 14.8 Å². The van der Waals surface area contributed by atoms with Crippen LogP contribution in [0.4, 0.5) is 11.4 Å². The molecule has 0 saturated carbocycles. The van der Waals surface area contributed by atoms with E-state index >= 15 is 0 Å². The maximum absolute atomic E-state index is 10.8. The quantitative estimate of drug-likeness (QED) is 0.590. The van der Waals surface area contributed by atoms with Crippen LogP contribution in [0.1, 0.15) is 5.56 Å². The van der Waals surface area contributed by atoms with Crippen molar-refractivity contribution in [3.05, 3.63) is 46.3 Å². The highest BCUT2D eigenvalue weighted by Gasteiger charge is 2.11. The molecule has 112 valence electrons. The third kappa shape index (κ3) is 3.69. The van der Waals surface area contributed by atoms with E-state index in [1.165, 1.54) is 19.2 Å². The van der Waals surface area contributed by atoms with E-state index in [2.05, 4.69) is 10.4 Å². The lowest BCUT2D eigenvalue weighted by atomic mass is 10.2. The van der Waals surface area contributed by atoms with Crippen LogP contribution in [0.2, 0.25) is 0 Å². The number of nitrogens with zero attached hydrogens (tertiary/aromatic N) is 3. The lowest BCUT2D eigenvalue weighted by Gasteiger charge is -2.10. The van der Waals surface area contributed by atoms with Crippen molar-refractivity contribution in [3.63, 3.8) is 0 Å². The highest BCUT2D eigenvalue weighted by Crippen LogP contribution is 2.29. The normalized spacial score (nSPS) is 10.4. The molecule has 0 spiro atoms. The van der Waals surface area contributed by atoms with E-state index in [0.717, 1.165) is 5.56 Å². The molecule has 0 amide bonds. The van der Waals surface area contributed by atoms with Crippen LogP contribution in [0.25, 0.3) is 0 Å². The molecule has 21 heavy (non-hydrogen) atoms. The molecule has 0 unspecified atom stereocenters. The highest BCUT2D eigenvalue weighted by molar-refractivity contribution is 5.61. The number of anilines is 1. The Morgan fingerprint density at radius 1 is 1.52 bits per heavy atom. The molecule has 1 heterocycles. The Morgan fingerprint density at radius 2 is 2.33 bits per heavy atom. The number of ether oxygens (including phenoxy) is 1. The minimum atomic E-state index is -0.454. The summed E-state index contributed by atoms with van der Waals surface area (Å²) in [6.45, 7) is 0.899. The molecule has 2 rings (SSSR count). The maximum Gasteiger partial charge on any atom is 0.271 e.